The lowest BCUT2D eigenvalue weighted by Gasteiger charge is -2.04. The number of benzene rings is 2. The van der Waals surface area contributed by atoms with Crippen molar-refractivity contribution < 1.29 is 9.84 Å². The van der Waals surface area contributed by atoms with E-state index in [4.69, 9.17) is 4.74 Å². The third-order valence-corrected chi connectivity index (χ3v) is 4.55. The minimum Gasteiger partial charge on any atom is -0.508 e. The van der Waals surface area contributed by atoms with Crippen LogP contribution in [-0.2, 0) is 11.2 Å². The molecule has 136 valence electrons. The number of hydrogen-bond donors (Lipinski definition) is 1. The van der Waals surface area contributed by atoms with Gasteiger partial charge in [0.1, 0.15) is 11.9 Å². The molecule has 0 saturated carbocycles. The summed E-state index contributed by atoms with van der Waals surface area (Å²) in [7, 11) is 0. The topological polar surface area (TPSA) is 32.8 Å². The van der Waals surface area contributed by atoms with Gasteiger partial charge in [0.25, 0.3) is 0 Å². The molecule has 1 N–H and O–H groups in total. The van der Waals surface area contributed by atoms with Gasteiger partial charge in [0.15, 0.2) is 0 Å². The molecule has 0 spiro atoms. The Morgan fingerprint density at radius 1 is 0.840 bits per heavy atom. The van der Waals surface area contributed by atoms with Crippen LogP contribution in [0.25, 0.3) is 0 Å². The van der Waals surface area contributed by atoms with Crippen molar-refractivity contribution in [2.75, 3.05) is 6.61 Å². The Morgan fingerprint density at radius 3 is 2.08 bits per heavy atom. The molecule has 25 heavy (non-hydrogen) atoms. The SMILES string of the molecule is CCCCCCCCCc1ccccc1O.c1ccc(C2CO2)cc1. The van der Waals surface area contributed by atoms with Crippen LogP contribution in [0.2, 0.25) is 0 Å². The van der Waals surface area contributed by atoms with Gasteiger partial charge in [0.05, 0.1) is 6.61 Å². The van der Waals surface area contributed by atoms with Crippen LogP contribution in [0.15, 0.2) is 54.6 Å². The molecule has 0 bridgehead atoms. The number of phenols is 1. The highest BCUT2D eigenvalue weighted by molar-refractivity contribution is 5.31. The monoisotopic (exact) mass is 340 g/mol. The van der Waals surface area contributed by atoms with Crippen LogP contribution in [0.1, 0.15) is 69.1 Å². The summed E-state index contributed by atoms with van der Waals surface area (Å²) in [6.45, 7) is 3.15. The second kappa shape index (κ2) is 11.7. The van der Waals surface area contributed by atoms with E-state index in [-0.39, 0.29) is 0 Å². The molecule has 0 aromatic heterocycles. The number of aryl methyl sites for hydroxylation is 1. The van der Waals surface area contributed by atoms with Gasteiger partial charge in [-0.1, -0.05) is 94.0 Å². The Bertz CT molecular complexity index is 576. The Hall–Kier alpha value is -1.80. The molecule has 3 rings (SSSR count). The summed E-state index contributed by atoms with van der Waals surface area (Å²) >= 11 is 0. The second-order valence-corrected chi connectivity index (χ2v) is 6.73. The minimum absolute atomic E-state index is 0.409. The quantitative estimate of drug-likeness (QED) is 0.420. The molecule has 1 heterocycles. The van der Waals surface area contributed by atoms with E-state index in [1.165, 1.54) is 50.5 Å². The summed E-state index contributed by atoms with van der Waals surface area (Å²) in [4.78, 5) is 0. The highest BCUT2D eigenvalue weighted by atomic mass is 16.6. The molecular weight excluding hydrogens is 308 g/mol. The predicted octanol–water partition coefficient (Wildman–Crippen LogP) is 6.44. The van der Waals surface area contributed by atoms with E-state index < -0.39 is 0 Å². The highest BCUT2D eigenvalue weighted by Crippen LogP contribution is 2.28. The second-order valence-electron chi connectivity index (χ2n) is 6.73. The lowest BCUT2D eigenvalue weighted by atomic mass is 10.0. The minimum atomic E-state index is 0.409. The highest BCUT2D eigenvalue weighted by Gasteiger charge is 2.23. The molecule has 1 unspecified atom stereocenters. The summed E-state index contributed by atoms with van der Waals surface area (Å²) in [5.74, 6) is 0.452. The van der Waals surface area contributed by atoms with Crippen molar-refractivity contribution in [1.82, 2.24) is 0 Å². The van der Waals surface area contributed by atoms with Gasteiger partial charge in [-0.25, -0.2) is 0 Å². The van der Waals surface area contributed by atoms with Gasteiger partial charge in [-0.3, -0.25) is 0 Å². The number of hydrogen-bond acceptors (Lipinski definition) is 2. The van der Waals surface area contributed by atoms with Crippen molar-refractivity contribution in [2.45, 2.75) is 64.4 Å². The maximum absolute atomic E-state index is 9.58. The molecule has 1 saturated heterocycles. The van der Waals surface area contributed by atoms with E-state index in [2.05, 4.69) is 19.1 Å². The fourth-order valence-electron chi connectivity index (χ4n) is 2.90. The van der Waals surface area contributed by atoms with E-state index in [1.807, 2.05) is 36.4 Å². The van der Waals surface area contributed by atoms with Crippen LogP contribution in [0.4, 0.5) is 0 Å². The third-order valence-electron chi connectivity index (χ3n) is 4.55. The number of ether oxygens (including phenoxy) is 1. The first-order valence-corrected chi connectivity index (χ1v) is 9.74. The summed E-state index contributed by atoms with van der Waals surface area (Å²) in [5, 5.41) is 9.58. The van der Waals surface area contributed by atoms with Crippen molar-refractivity contribution in [1.29, 1.82) is 0 Å². The first-order chi connectivity index (χ1) is 12.3. The van der Waals surface area contributed by atoms with E-state index in [1.54, 1.807) is 6.07 Å². The maximum atomic E-state index is 9.58. The van der Waals surface area contributed by atoms with Crippen LogP contribution < -0.4 is 0 Å². The van der Waals surface area contributed by atoms with E-state index >= 15 is 0 Å². The Morgan fingerprint density at radius 2 is 1.44 bits per heavy atom. The maximum Gasteiger partial charge on any atom is 0.118 e. The smallest absolute Gasteiger partial charge is 0.118 e. The Kier molecular flexibility index (Phi) is 9.14. The number of para-hydroxylation sites is 1. The van der Waals surface area contributed by atoms with E-state index in [0.717, 1.165) is 18.6 Å². The van der Waals surface area contributed by atoms with Gasteiger partial charge < -0.3 is 9.84 Å². The summed E-state index contributed by atoms with van der Waals surface area (Å²) in [5.41, 5.74) is 2.40. The summed E-state index contributed by atoms with van der Waals surface area (Å²) in [6.07, 6.45) is 10.7. The molecule has 2 aromatic rings. The Labute approximate surface area is 152 Å². The normalized spacial score (nSPS) is 15.3. The lowest BCUT2D eigenvalue weighted by Crippen LogP contribution is -1.87. The van der Waals surface area contributed by atoms with Crippen LogP contribution >= 0.6 is 0 Å². The fraction of sp³-hybridized carbons (Fsp3) is 0.478. The largest absolute Gasteiger partial charge is 0.508 e. The number of rotatable bonds is 9. The molecule has 0 aliphatic carbocycles. The van der Waals surface area contributed by atoms with Crippen LogP contribution in [0, 0.1) is 0 Å². The van der Waals surface area contributed by atoms with Crippen LogP contribution in [0.5, 0.6) is 5.75 Å². The summed E-state index contributed by atoms with van der Waals surface area (Å²) < 4.78 is 5.09. The van der Waals surface area contributed by atoms with Crippen LogP contribution in [0.3, 0.4) is 0 Å². The van der Waals surface area contributed by atoms with Crippen molar-refractivity contribution in [2.24, 2.45) is 0 Å². The van der Waals surface area contributed by atoms with E-state index in [0.29, 0.717) is 11.9 Å². The average molecular weight is 341 g/mol. The molecule has 1 atom stereocenters. The molecule has 0 radical (unpaired) electrons. The van der Waals surface area contributed by atoms with Gasteiger partial charge in [0, 0.05) is 0 Å². The Balaban J connectivity index is 0.000000208. The number of epoxide rings is 1. The van der Waals surface area contributed by atoms with Crippen molar-refractivity contribution in [3.05, 3.63) is 65.7 Å². The van der Waals surface area contributed by atoms with Crippen molar-refractivity contribution >= 4 is 0 Å². The number of aromatic hydroxyl groups is 1. The fourth-order valence-corrected chi connectivity index (χ4v) is 2.90. The lowest BCUT2D eigenvalue weighted by molar-refractivity contribution is 0.415. The molecule has 2 nitrogen and oxygen atoms in total. The van der Waals surface area contributed by atoms with Gasteiger partial charge in [0.2, 0.25) is 0 Å². The average Bonchev–Trinajstić information content (AvgIpc) is 3.49. The molecule has 2 aromatic carbocycles. The van der Waals surface area contributed by atoms with E-state index in [9.17, 15) is 5.11 Å². The predicted molar refractivity (Wildman–Crippen MR) is 105 cm³/mol. The van der Waals surface area contributed by atoms with Gasteiger partial charge >= 0.3 is 0 Å². The zero-order valence-electron chi connectivity index (χ0n) is 15.5. The number of phenolic OH excluding ortho intramolecular Hbond substituents is 1. The first-order valence-electron chi connectivity index (χ1n) is 9.74. The van der Waals surface area contributed by atoms with Gasteiger partial charge in [-0.15, -0.1) is 0 Å². The third kappa shape index (κ3) is 8.22. The molecule has 2 heteroatoms. The van der Waals surface area contributed by atoms with Crippen LogP contribution in [-0.4, -0.2) is 11.7 Å². The molecule has 1 fully saturated rings. The van der Waals surface area contributed by atoms with Gasteiger partial charge in [-0.2, -0.15) is 0 Å². The first kappa shape index (κ1) is 19.5. The van der Waals surface area contributed by atoms with Crippen molar-refractivity contribution in [3.8, 4) is 5.75 Å². The standard InChI is InChI=1S/C15H24O.C8H8O/c1-2-3-4-5-6-7-8-11-14-12-9-10-13-15(14)16;1-2-4-7(5-3-1)8-6-9-8/h9-10,12-13,16H,2-8,11H2,1H3;1-5,8H,6H2. The number of unbranched alkanes of at least 4 members (excludes halogenated alkanes) is 6. The molecule has 0 amide bonds. The summed E-state index contributed by atoms with van der Waals surface area (Å²) in [6, 6.07) is 18.0. The molecule has 1 aliphatic rings. The molecule has 1 aliphatic heterocycles. The molecular formula is C23H32O2. The zero-order valence-corrected chi connectivity index (χ0v) is 15.5. The zero-order chi connectivity index (χ0) is 17.7. The van der Waals surface area contributed by atoms with Gasteiger partial charge in [-0.05, 0) is 30.0 Å². The van der Waals surface area contributed by atoms with Crippen molar-refractivity contribution in [3.63, 3.8) is 0 Å².